The molecule has 5 nitrogen and oxygen atoms in total. The van der Waals surface area contributed by atoms with Gasteiger partial charge in [-0.25, -0.2) is 0 Å². The van der Waals surface area contributed by atoms with E-state index in [4.69, 9.17) is 25.6 Å². The second kappa shape index (κ2) is 6.92. The summed E-state index contributed by atoms with van der Waals surface area (Å²) in [5.41, 5.74) is 0.182. The van der Waals surface area contributed by atoms with Gasteiger partial charge in [-0.15, -0.1) is 0 Å². The van der Waals surface area contributed by atoms with E-state index in [2.05, 4.69) is 6.58 Å². The molecule has 0 N–H and O–H groups in total. The van der Waals surface area contributed by atoms with Gasteiger partial charge in [0.1, 0.15) is 0 Å². The number of rotatable bonds is 3. The predicted molar refractivity (Wildman–Crippen MR) is 107 cm³/mol. The molecule has 27 heavy (non-hydrogen) atoms. The molecule has 0 aromatic heterocycles. The zero-order valence-corrected chi connectivity index (χ0v) is 17.4. The second-order valence-corrected chi connectivity index (χ2v) is 8.82. The number of amides is 1. The predicted octanol–water partition coefficient (Wildman–Crippen LogP) is 2.90. The van der Waals surface area contributed by atoms with E-state index in [0.717, 1.165) is 11.0 Å². The van der Waals surface area contributed by atoms with E-state index >= 15 is 0 Å². The average molecular weight is 392 g/mol. The maximum Gasteiger partial charge on any atom is 0.494 e. The minimum atomic E-state index is -0.646. The Hall–Kier alpha value is -1.34. The van der Waals surface area contributed by atoms with Gasteiger partial charge in [0, 0.05) is 11.6 Å². The molecule has 2 fully saturated rings. The van der Waals surface area contributed by atoms with E-state index in [1.54, 1.807) is 4.90 Å². The number of ether oxygens (including phenoxy) is 1. The van der Waals surface area contributed by atoms with Gasteiger partial charge in [0.25, 0.3) is 0 Å². The van der Waals surface area contributed by atoms with Crippen LogP contribution in [0.1, 0.15) is 40.2 Å². The highest BCUT2D eigenvalue weighted by atomic mass is 35.5. The summed E-state index contributed by atoms with van der Waals surface area (Å²) in [4.78, 5) is 14.2. The van der Waals surface area contributed by atoms with E-state index in [9.17, 15) is 4.79 Å². The lowest BCUT2D eigenvalue weighted by Gasteiger charge is -2.44. The summed E-state index contributed by atoms with van der Waals surface area (Å²) in [5.74, 6) is -0.127. The van der Waals surface area contributed by atoms with Crippen molar-refractivity contribution < 1.29 is 18.8 Å². The molecule has 2 saturated heterocycles. The van der Waals surface area contributed by atoms with Crippen LogP contribution in [-0.4, -0.2) is 48.9 Å². The molecule has 146 valence electrons. The summed E-state index contributed by atoms with van der Waals surface area (Å²) in [5, 5.41) is 0.565. The van der Waals surface area contributed by atoms with Crippen LogP contribution in [0.2, 0.25) is 5.02 Å². The molecular weight excluding hydrogens is 364 g/mol. The number of benzene rings is 1. The zero-order valence-electron chi connectivity index (χ0n) is 16.7. The maximum absolute atomic E-state index is 12.4. The van der Waals surface area contributed by atoms with E-state index in [1.807, 2.05) is 52.8 Å². The summed E-state index contributed by atoms with van der Waals surface area (Å²) in [6.07, 6.45) is 1.34. The fourth-order valence-electron chi connectivity index (χ4n) is 3.49. The van der Waals surface area contributed by atoms with Crippen LogP contribution in [0.3, 0.4) is 0 Å². The van der Waals surface area contributed by atoms with Crippen LogP contribution in [0.4, 0.5) is 0 Å². The summed E-state index contributed by atoms with van der Waals surface area (Å²) in [6.45, 7) is 15.0. The lowest BCUT2D eigenvalue weighted by molar-refractivity contribution is -0.143. The van der Waals surface area contributed by atoms with Crippen molar-refractivity contribution >= 4 is 30.1 Å². The van der Waals surface area contributed by atoms with Gasteiger partial charge in [0.15, 0.2) is 0 Å². The zero-order chi connectivity index (χ0) is 20.0. The molecule has 0 aliphatic carbocycles. The van der Waals surface area contributed by atoms with Crippen LogP contribution in [0, 0.1) is 0 Å². The molecule has 1 aromatic carbocycles. The molecular formula is C20H27BClNO4. The topological polar surface area (TPSA) is 48.0 Å². The standard InChI is InChI=1S/C20H27BClNO4/c1-7-17(24)23-8-9-25-13-20(23,6)14-10-15(12-16(22)11-14)21-26-18(2,3)19(4,5)27-21/h7,10-12H,1,8-9,13H2,2-6H3. The molecule has 1 atom stereocenters. The molecule has 2 aliphatic rings. The van der Waals surface area contributed by atoms with E-state index in [1.165, 1.54) is 6.08 Å². The minimum absolute atomic E-state index is 0.127. The van der Waals surface area contributed by atoms with Crippen LogP contribution in [0.25, 0.3) is 0 Å². The fraction of sp³-hybridized carbons (Fsp3) is 0.550. The Bertz CT molecular complexity index is 750. The van der Waals surface area contributed by atoms with Gasteiger partial charge in [0.05, 0.1) is 30.0 Å². The van der Waals surface area contributed by atoms with Crippen LogP contribution >= 0.6 is 11.6 Å². The van der Waals surface area contributed by atoms with Gasteiger partial charge >= 0.3 is 7.12 Å². The molecule has 7 heteroatoms. The van der Waals surface area contributed by atoms with Gasteiger partial charge in [-0.1, -0.05) is 24.2 Å². The van der Waals surface area contributed by atoms with Crippen molar-refractivity contribution in [3.8, 4) is 0 Å². The normalized spacial score (nSPS) is 26.9. The SMILES string of the molecule is C=CC(=O)N1CCOCC1(C)c1cc(Cl)cc(B2OC(C)(C)C(C)(C)O2)c1. The van der Waals surface area contributed by atoms with Crippen molar-refractivity contribution in [2.75, 3.05) is 19.8 Å². The Morgan fingerprint density at radius 1 is 1.19 bits per heavy atom. The number of nitrogens with zero attached hydrogens (tertiary/aromatic N) is 1. The van der Waals surface area contributed by atoms with Crippen molar-refractivity contribution in [2.24, 2.45) is 0 Å². The van der Waals surface area contributed by atoms with Crippen LogP contribution in [-0.2, 0) is 24.4 Å². The number of hydrogen-bond acceptors (Lipinski definition) is 4. The van der Waals surface area contributed by atoms with Gasteiger partial charge in [0.2, 0.25) is 5.91 Å². The third-order valence-electron chi connectivity index (χ3n) is 5.95. The van der Waals surface area contributed by atoms with E-state index in [-0.39, 0.29) is 5.91 Å². The lowest BCUT2D eigenvalue weighted by atomic mass is 9.76. The first-order chi connectivity index (χ1) is 12.5. The molecule has 0 bridgehead atoms. The first kappa shape index (κ1) is 20.4. The largest absolute Gasteiger partial charge is 0.494 e. The van der Waals surface area contributed by atoms with E-state index in [0.29, 0.717) is 24.8 Å². The molecule has 2 heterocycles. The maximum atomic E-state index is 12.4. The van der Waals surface area contributed by atoms with Gasteiger partial charge in [-0.2, -0.15) is 0 Å². The van der Waals surface area contributed by atoms with Crippen LogP contribution in [0.15, 0.2) is 30.9 Å². The third kappa shape index (κ3) is 3.56. The molecule has 1 unspecified atom stereocenters. The average Bonchev–Trinajstić information content (AvgIpc) is 2.82. The highest BCUT2D eigenvalue weighted by Crippen LogP contribution is 2.38. The van der Waals surface area contributed by atoms with Crippen LogP contribution < -0.4 is 5.46 Å². The Balaban J connectivity index is 2.00. The molecule has 1 aromatic rings. The third-order valence-corrected chi connectivity index (χ3v) is 6.16. The van der Waals surface area contributed by atoms with Crippen LogP contribution in [0.5, 0.6) is 0 Å². The fourth-order valence-corrected chi connectivity index (χ4v) is 3.74. The Labute approximate surface area is 166 Å². The lowest BCUT2D eigenvalue weighted by Crippen LogP contribution is -2.55. The number of carbonyl (C=O) groups is 1. The number of morpholine rings is 1. The summed E-state index contributed by atoms with van der Waals surface area (Å²) in [6, 6.07) is 5.71. The van der Waals surface area contributed by atoms with Crippen molar-refractivity contribution in [2.45, 2.75) is 51.4 Å². The first-order valence-corrected chi connectivity index (χ1v) is 9.56. The highest BCUT2D eigenvalue weighted by molar-refractivity contribution is 6.62. The number of halogens is 1. The Kier molecular flexibility index (Phi) is 5.23. The first-order valence-electron chi connectivity index (χ1n) is 9.18. The molecule has 1 amide bonds. The summed E-state index contributed by atoms with van der Waals surface area (Å²) < 4.78 is 18.0. The quantitative estimate of drug-likeness (QED) is 0.587. The summed E-state index contributed by atoms with van der Waals surface area (Å²) in [7, 11) is -0.524. The van der Waals surface area contributed by atoms with Crippen molar-refractivity contribution in [1.29, 1.82) is 0 Å². The van der Waals surface area contributed by atoms with Gasteiger partial charge < -0.3 is 18.9 Å². The molecule has 0 spiro atoms. The van der Waals surface area contributed by atoms with Crippen molar-refractivity contribution in [3.63, 3.8) is 0 Å². The minimum Gasteiger partial charge on any atom is -0.399 e. The van der Waals surface area contributed by atoms with Crippen molar-refractivity contribution in [3.05, 3.63) is 41.4 Å². The Morgan fingerprint density at radius 3 is 2.41 bits per heavy atom. The molecule has 3 rings (SSSR count). The molecule has 0 radical (unpaired) electrons. The monoisotopic (exact) mass is 391 g/mol. The van der Waals surface area contributed by atoms with Gasteiger partial charge in [-0.3, -0.25) is 4.79 Å². The molecule has 2 aliphatic heterocycles. The Morgan fingerprint density at radius 2 is 1.81 bits per heavy atom. The molecule has 0 saturated carbocycles. The number of carbonyl (C=O) groups excluding carboxylic acids is 1. The summed E-state index contributed by atoms with van der Waals surface area (Å²) >= 11 is 6.44. The highest BCUT2D eigenvalue weighted by Gasteiger charge is 2.52. The smallest absolute Gasteiger partial charge is 0.399 e. The second-order valence-electron chi connectivity index (χ2n) is 8.38. The van der Waals surface area contributed by atoms with E-state index < -0.39 is 23.9 Å². The number of hydrogen-bond donors (Lipinski definition) is 0. The van der Waals surface area contributed by atoms with Crippen molar-refractivity contribution in [1.82, 2.24) is 4.90 Å². The van der Waals surface area contributed by atoms with Gasteiger partial charge in [-0.05, 0) is 63.9 Å².